The normalized spacial score (nSPS) is 13.4. The molecule has 23 nitrogen and oxygen atoms in total. The number of benzene rings is 3. The molecule has 0 fully saturated rings. The molecule has 426 valence electrons. The van der Waals surface area contributed by atoms with Gasteiger partial charge in [-0.1, -0.05) is 30.3 Å². The zero-order valence-electron chi connectivity index (χ0n) is 44.8. The molecule has 3 amide bonds. The Morgan fingerprint density at radius 1 is 0.583 bits per heavy atom. The molecule has 0 spiro atoms. The molecule has 1 unspecified atom stereocenters. The molecule has 84 heavy (non-hydrogen) atoms. The second kappa shape index (κ2) is 25.5. The number of nitrogen functional groups attached to an aromatic ring is 2. The highest BCUT2D eigenvalue weighted by Crippen LogP contribution is 2.31. The molecule has 10 aromatic rings. The number of hydrogen-bond donors (Lipinski definition) is 7. The molecule has 0 bridgehead atoms. The Balaban J connectivity index is 0.000000158. The number of nitrogens with one attached hydrogen (secondary N) is 4. The van der Waals surface area contributed by atoms with E-state index in [0.717, 1.165) is 23.4 Å². The van der Waals surface area contributed by atoms with Gasteiger partial charge in [0.25, 0.3) is 17.7 Å². The highest BCUT2D eigenvalue weighted by atomic mass is 19.2. The van der Waals surface area contributed by atoms with Gasteiger partial charge in [0.1, 0.15) is 51.5 Å². The van der Waals surface area contributed by atoms with Crippen LogP contribution in [0.1, 0.15) is 48.4 Å². The van der Waals surface area contributed by atoms with E-state index in [0.29, 0.717) is 57.9 Å². The number of aromatic nitrogens is 6. The van der Waals surface area contributed by atoms with Crippen molar-refractivity contribution in [2.45, 2.75) is 19.0 Å². The van der Waals surface area contributed by atoms with Crippen molar-refractivity contribution in [3.63, 3.8) is 0 Å². The molecule has 1 aliphatic heterocycles. The first-order valence-corrected chi connectivity index (χ1v) is 25.2. The number of allylic oxidation sites excluding steroid dienone is 1. The molecule has 1 aliphatic rings. The van der Waals surface area contributed by atoms with Gasteiger partial charge in [-0.3, -0.25) is 19.7 Å². The Bertz CT molecular complexity index is 3990. The van der Waals surface area contributed by atoms with Crippen LogP contribution in [0.25, 0.3) is 40.1 Å². The first kappa shape index (κ1) is 57.4. The van der Waals surface area contributed by atoms with E-state index in [1.165, 1.54) is 49.1 Å². The van der Waals surface area contributed by atoms with E-state index in [1.54, 1.807) is 106 Å². The molecule has 0 saturated carbocycles. The molecular formula is C58H51F3N15O8+. The molecule has 3 aromatic carbocycles. The van der Waals surface area contributed by atoms with Crippen LogP contribution in [0.2, 0.25) is 0 Å². The summed E-state index contributed by atoms with van der Waals surface area (Å²) in [5.41, 5.74) is 21.4. The van der Waals surface area contributed by atoms with Gasteiger partial charge < -0.3 is 49.8 Å². The number of anilines is 3. The van der Waals surface area contributed by atoms with Gasteiger partial charge in [0.2, 0.25) is 11.9 Å². The van der Waals surface area contributed by atoms with Crippen molar-refractivity contribution in [2.24, 2.45) is 10.7 Å². The Labute approximate surface area is 475 Å². The van der Waals surface area contributed by atoms with Gasteiger partial charge in [0.15, 0.2) is 28.9 Å². The van der Waals surface area contributed by atoms with E-state index in [4.69, 9.17) is 39.6 Å². The molecule has 0 radical (unpaired) electrons. The summed E-state index contributed by atoms with van der Waals surface area (Å²) >= 11 is 0. The SMILES string of the molecule is COc1cccc(CNC(=O)c2cc(-c3ccco3)nc(N)n2)c1.C[N+](C)(c1nc(C(=O)NCc2ccccc2F)cc(-c2ccco2)n1)C1(N)N=CC=C(c2ccco2)N1.Nc1nc(C(=O)Nc2ccc(F)c(F)c2)cc(-c2ccco2)n1. The number of carbonyl (C=O) groups is 3. The van der Waals surface area contributed by atoms with Crippen molar-refractivity contribution in [3.8, 4) is 40.1 Å². The van der Waals surface area contributed by atoms with Crippen LogP contribution in [0, 0.1) is 17.5 Å². The fraction of sp³-hybridized carbons (Fsp3) is 0.103. The molecule has 0 saturated heterocycles. The smallest absolute Gasteiger partial charge is 0.339 e. The van der Waals surface area contributed by atoms with Gasteiger partial charge in [-0.25, -0.2) is 43.3 Å². The second-order valence-corrected chi connectivity index (χ2v) is 18.4. The summed E-state index contributed by atoms with van der Waals surface area (Å²) in [4.78, 5) is 67.2. The molecule has 26 heteroatoms. The first-order valence-electron chi connectivity index (χ1n) is 25.2. The standard InChI is InChI=1S/C26H24FN7O3.C17H16N4O3.C15H10F2N4O2/c1-34(2,26(28)30-12-11-19(33-26)22-9-5-13-36-22)25-31-20(23-10-6-14-37-23)15-21(32-25)24(35)29-16-17-7-3-4-8-18(17)27;1-23-12-5-2-4-11(8-12)10-19-16(22)14-9-13(20-17(18)21-14)15-6-3-7-24-15;16-9-4-3-8(6-10(9)17)19-14(22)12-7-11(20-15(18)21-12)13-2-1-5-23-13/h3-15H,16,28H2,1-2H3,(H-,29,30,33,35);2-9H,10H2,1H3,(H,19,22)(H2,18,20,21);1-7H,(H,19,22)(H2,18,20,21)/p+1. The number of carbonyl (C=O) groups excluding carboxylic acids is 3. The quantitative estimate of drug-likeness (QED) is 0.0374. The summed E-state index contributed by atoms with van der Waals surface area (Å²) in [7, 11) is 5.12. The average molecular weight is 1140 g/mol. The van der Waals surface area contributed by atoms with Gasteiger partial charge in [-0.15, -0.1) is 0 Å². The highest BCUT2D eigenvalue weighted by molar-refractivity contribution is 6.03. The third-order valence-electron chi connectivity index (χ3n) is 12.4. The number of aliphatic imine (C=N–C) groups is 1. The van der Waals surface area contributed by atoms with Gasteiger partial charge in [-0.05, 0) is 109 Å². The molecular weight excluding hydrogens is 1090 g/mol. The maximum absolute atomic E-state index is 14.1. The number of furan rings is 4. The lowest BCUT2D eigenvalue weighted by Gasteiger charge is -2.42. The minimum Gasteiger partial charge on any atom is -0.497 e. The van der Waals surface area contributed by atoms with Crippen LogP contribution in [0.15, 0.2) is 187 Å². The maximum atomic E-state index is 14.1. The van der Waals surface area contributed by atoms with Crippen molar-refractivity contribution >= 4 is 53.2 Å². The van der Waals surface area contributed by atoms with Gasteiger partial charge in [0.05, 0.1) is 52.0 Å². The van der Waals surface area contributed by atoms with Crippen molar-refractivity contribution in [1.82, 2.24) is 50.3 Å². The number of nitrogens with two attached hydrogens (primary N) is 3. The van der Waals surface area contributed by atoms with E-state index < -0.39 is 35.2 Å². The van der Waals surface area contributed by atoms with Crippen molar-refractivity contribution in [1.29, 1.82) is 0 Å². The minimum absolute atomic E-state index is 0.00966. The van der Waals surface area contributed by atoms with E-state index >= 15 is 0 Å². The minimum atomic E-state index is -1.44. The number of halogens is 3. The van der Waals surface area contributed by atoms with Crippen LogP contribution in [-0.2, 0) is 13.1 Å². The topological polar surface area (TPSA) is 329 Å². The summed E-state index contributed by atoms with van der Waals surface area (Å²) in [6, 6.07) is 34.9. The monoisotopic (exact) mass is 1140 g/mol. The van der Waals surface area contributed by atoms with E-state index in [2.05, 4.69) is 56.2 Å². The predicted molar refractivity (Wildman–Crippen MR) is 303 cm³/mol. The van der Waals surface area contributed by atoms with E-state index in [1.807, 2.05) is 24.3 Å². The lowest BCUT2D eigenvalue weighted by Crippen LogP contribution is -2.73. The summed E-state index contributed by atoms with van der Waals surface area (Å²) in [5, 5.41) is 11.1. The molecule has 7 aromatic heterocycles. The fourth-order valence-corrected chi connectivity index (χ4v) is 7.86. The second-order valence-electron chi connectivity index (χ2n) is 18.4. The molecule has 10 N–H and O–H groups in total. The van der Waals surface area contributed by atoms with Crippen molar-refractivity contribution < 1.29 is 50.0 Å². The van der Waals surface area contributed by atoms with Crippen molar-refractivity contribution in [3.05, 3.63) is 216 Å². The highest BCUT2D eigenvalue weighted by Gasteiger charge is 2.48. The lowest BCUT2D eigenvalue weighted by atomic mass is 10.2. The molecule has 11 rings (SSSR count). The zero-order chi connectivity index (χ0) is 59.4. The fourth-order valence-electron chi connectivity index (χ4n) is 7.86. The summed E-state index contributed by atoms with van der Waals surface area (Å²) < 4.78 is 66.6. The van der Waals surface area contributed by atoms with Crippen molar-refractivity contribution in [2.75, 3.05) is 38.0 Å². The van der Waals surface area contributed by atoms with Crippen LogP contribution >= 0.6 is 0 Å². The Hall–Kier alpha value is -11.3. The largest absolute Gasteiger partial charge is 0.497 e. The summed E-state index contributed by atoms with van der Waals surface area (Å²) in [5.74, 6) is -2.65. The third kappa shape index (κ3) is 13.8. The number of nitrogens with zero attached hydrogens (tertiary/aromatic N) is 8. The third-order valence-corrected chi connectivity index (χ3v) is 12.4. The van der Waals surface area contributed by atoms with Gasteiger partial charge >= 0.3 is 11.9 Å². The van der Waals surface area contributed by atoms with Crippen LogP contribution in [0.3, 0.4) is 0 Å². The molecule has 1 atom stereocenters. The van der Waals surface area contributed by atoms with Crippen LogP contribution in [0.4, 0.5) is 36.7 Å². The number of methoxy groups -OCH3 is 1. The predicted octanol–water partition coefficient (Wildman–Crippen LogP) is 8.36. The van der Waals surface area contributed by atoms with Crippen LogP contribution < -0.4 is 47.7 Å². The summed E-state index contributed by atoms with van der Waals surface area (Å²) in [6.45, 7) is 0.333. The Morgan fingerprint density at radius 3 is 1.69 bits per heavy atom. The van der Waals surface area contributed by atoms with E-state index in [9.17, 15) is 27.6 Å². The van der Waals surface area contributed by atoms with Gasteiger partial charge in [-0.2, -0.15) is 15.0 Å². The average Bonchev–Trinajstić information content (AvgIpc) is 4.06. The first-order chi connectivity index (χ1) is 40.4. The molecule has 0 aliphatic carbocycles. The lowest BCUT2D eigenvalue weighted by molar-refractivity contribution is 0.0936. The van der Waals surface area contributed by atoms with Crippen LogP contribution in [0.5, 0.6) is 5.75 Å². The Kier molecular flexibility index (Phi) is 17.4. The molecule has 8 heterocycles. The maximum Gasteiger partial charge on any atom is 0.339 e. The van der Waals surface area contributed by atoms with Gasteiger partial charge in [0, 0.05) is 36.6 Å². The Morgan fingerprint density at radius 2 is 1.13 bits per heavy atom. The van der Waals surface area contributed by atoms with Crippen LogP contribution in [-0.4, -0.2) is 81.0 Å². The number of ether oxygens (including phenoxy) is 1. The van der Waals surface area contributed by atoms with E-state index in [-0.39, 0.29) is 57.5 Å². The number of amides is 3. The summed E-state index contributed by atoms with van der Waals surface area (Å²) in [6.07, 6.45) is 9.36. The zero-order valence-corrected chi connectivity index (χ0v) is 44.8. The number of rotatable bonds is 15. The number of hydrogen-bond acceptors (Lipinski definition) is 19. The number of quaternary nitrogens is 1.